The van der Waals surface area contributed by atoms with Gasteiger partial charge in [-0.15, -0.1) is 0 Å². The average Bonchev–Trinajstić information content (AvgIpc) is 2.42. The maximum absolute atomic E-state index is 11.7. The van der Waals surface area contributed by atoms with Crippen LogP contribution in [0.2, 0.25) is 0 Å². The van der Waals surface area contributed by atoms with Gasteiger partial charge in [0.05, 0.1) is 5.41 Å². The Morgan fingerprint density at radius 1 is 1.26 bits per heavy atom. The maximum atomic E-state index is 11.7. The lowest BCUT2D eigenvalue weighted by molar-refractivity contribution is -0.125. The molecule has 0 aromatic heterocycles. The van der Waals surface area contributed by atoms with E-state index in [1.807, 2.05) is 24.3 Å². The lowest BCUT2D eigenvalue weighted by atomic mass is 9.77. The molecule has 4 heteroatoms. The van der Waals surface area contributed by atoms with Crippen molar-refractivity contribution >= 4 is 5.91 Å². The van der Waals surface area contributed by atoms with Gasteiger partial charge >= 0.3 is 0 Å². The Kier molecular flexibility index (Phi) is 4.77. The molecule has 4 nitrogen and oxygen atoms in total. The van der Waals surface area contributed by atoms with Gasteiger partial charge in [0.1, 0.15) is 0 Å². The highest BCUT2D eigenvalue weighted by Gasteiger charge is 2.33. The normalized spacial score (nSPS) is 28.7. The number of likely N-dealkylation sites (N-methyl/N-ethyl adjacent to an activating group) is 1. The quantitative estimate of drug-likeness (QED) is 0.805. The summed E-state index contributed by atoms with van der Waals surface area (Å²) >= 11 is 0. The molecule has 2 rings (SSSR count). The van der Waals surface area contributed by atoms with Gasteiger partial charge in [-0.05, 0) is 32.9 Å². The lowest BCUT2D eigenvalue weighted by Gasteiger charge is -2.33. The maximum Gasteiger partial charge on any atom is 0.227 e. The van der Waals surface area contributed by atoms with Crippen molar-refractivity contribution in [3.63, 3.8) is 0 Å². The second kappa shape index (κ2) is 6.35. The van der Waals surface area contributed by atoms with Gasteiger partial charge in [0.15, 0.2) is 0 Å². The Balaban J connectivity index is 1.79. The fourth-order valence-electron chi connectivity index (χ4n) is 2.85. The van der Waals surface area contributed by atoms with Gasteiger partial charge in [0, 0.05) is 26.2 Å². The summed E-state index contributed by atoms with van der Waals surface area (Å²) in [5.74, 6) is -0.188. The molecular formula is C15H25N3O. The fourth-order valence-corrected chi connectivity index (χ4v) is 2.85. The molecular weight excluding hydrogens is 238 g/mol. The van der Waals surface area contributed by atoms with Crippen LogP contribution in [0.1, 0.15) is 19.3 Å². The molecule has 0 radical (unpaired) electrons. The number of amides is 1. The number of primary amides is 1. The molecule has 1 aliphatic carbocycles. The third kappa shape index (κ3) is 3.67. The summed E-state index contributed by atoms with van der Waals surface area (Å²) < 4.78 is 0. The van der Waals surface area contributed by atoms with Gasteiger partial charge in [-0.1, -0.05) is 24.3 Å². The molecule has 2 N–H and O–H groups in total. The number of carbonyl (C=O) groups excluding carboxylic acids is 1. The predicted molar refractivity (Wildman–Crippen MR) is 77.7 cm³/mol. The van der Waals surface area contributed by atoms with E-state index in [9.17, 15) is 4.79 Å². The largest absolute Gasteiger partial charge is 0.369 e. The first-order valence-corrected chi connectivity index (χ1v) is 7.18. The van der Waals surface area contributed by atoms with E-state index in [-0.39, 0.29) is 5.91 Å². The molecule has 106 valence electrons. The van der Waals surface area contributed by atoms with E-state index in [4.69, 9.17) is 5.73 Å². The van der Waals surface area contributed by atoms with Crippen molar-refractivity contribution in [1.29, 1.82) is 0 Å². The van der Waals surface area contributed by atoms with Crippen molar-refractivity contribution in [3.8, 4) is 0 Å². The Morgan fingerprint density at radius 3 is 2.58 bits per heavy atom. The minimum atomic E-state index is -0.443. The molecule has 1 aliphatic heterocycles. The molecule has 2 aliphatic rings. The van der Waals surface area contributed by atoms with Gasteiger partial charge in [-0.2, -0.15) is 0 Å². The second-order valence-corrected chi connectivity index (χ2v) is 5.76. The van der Waals surface area contributed by atoms with Crippen LogP contribution in [0, 0.1) is 5.41 Å². The van der Waals surface area contributed by atoms with Gasteiger partial charge in [0.25, 0.3) is 0 Å². The smallest absolute Gasteiger partial charge is 0.227 e. The highest BCUT2D eigenvalue weighted by molar-refractivity contribution is 5.83. The predicted octanol–water partition coefficient (Wildman–Crippen LogP) is 1.00. The summed E-state index contributed by atoms with van der Waals surface area (Å²) in [7, 11) is 2.17. The van der Waals surface area contributed by atoms with Crippen LogP contribution < -0.4 is 5.73 Å². The zero-order chi connectivity index (χ0) is 13.7. The Bertz CT molecular complexity index is 370. The van der Waals surface area contributed by atoms with E-state index in [1.165, 1.54) is 0 Å². The van der Waals surface area contributed by atoms with Crippen LogP contribution in [-0.2, 0) is 4.79 Å². The number of nitrogens with zero attached hydrogens (tertiary/aromatic N) is 2. The van der Waals surface area contributed by atoms with Gasteiger partial charge in [-0.25, -0.2) is 0 Å². The summed E-state index contributed by atoms with van der Waals surface area (Å²) in [5.41, 5.74) is 5.15. The molecule has 0 aromatic carbocycles. The average molecular weight is 263 g/mol. The molecule has 0 bridgehead atoms. The standard InChI is InChI=1S/C15H25N3O/c1-17-10-12-18(13-11-17)9-5-8-15(14(16)19)6-3-2-4-7-15/h2-4,6H,5,7-13H2,1H3,(H2,16,19). The van der Waals surface area contributed by atoms with Gasteiger partial charge in [-0.3, -0.25) is 4.79 Å². The highest BCUT2D eigenvalue weighted by atomic mass is 16.1. The Morgan fingerprint density at radius 2 is 2.00 bits per heavy atom. The van der Waals surface area contributed by atoms with E-state index >= 15 is 0 Å². The van der Waals surface area contributed by atoms with Crippen molar-refractivity contribution in [2.75, 3.05) is 39.8 Å². The zero-order valence-corrected chi connectivity index (χ0v) is 11.8. The third-order valence-electron chi connectivity index (χ3n) is 4.33. The second-order valence-electron chi connectivity index (χ2n) is 5.76. The van der Waals surface area contributed by atoms with E-state index < -0.39 is 5.41 Å². The van der Waals surface area contributed by atoms with Crippen molar-refractivity contribution < 1.29 is 4.79 Å². The third-order valence-corrected chi connectivity index (χ3v) is 4.33. The van der Waals surface area contributed by atoms with E-state index in [2.05, 4.69) is 16.8 Å². The van der Waals surface area contributed by atoms with Crippen LogP contribution in [0.25, 0.3) is 0 Å². The van der Waals surface area contributed by atoms with Crippen molar-refractivity contribution in [3.05, 3.63) is 24.3 Å². The molecule has 19 heavy (non-hydrogen) atoms. The van der Waals surface area contributed by atoms with Crippen LogP contribution in [0.4, 0.5) is 0 Å². The van der Waals surface area contributed by atoms with Crippen molar-refractivity contribution in [2.24, 2.45) is 11.1 Å². The Hall–Kier alpha value is -1.13. The summed E-state index contributed by atoms with van der Waals surface area (Å²) in [6, 6.07) is 0. The van der Waals surface area contributed by atoms with Gasteiger partial charge < -0.3 is 15.5 Å². The molecule has 1 fully saturated rings. The summed E-state index contributed by atoms with van der Waals surface area (Å²) in [4.78, 5) is 16.6. The molecule has 1 atom stereocenters. The topological polar surface area (TPSA) is 49.6 Å². The Labute approximate surface area is 115 Å². The van der Waals surface area contributed by atoms with Crippen LogP contribution in [0.3, 0.4) is 0 Å². The van der Waals surface area contributed by atoms with Crippen LogP contribution in [-0.4, -0.2) is 55.5 Å². The van der Waals surface area contributed by atoms with Crippen molar-refractivity contribution in [2.45, 2.75) is 19.3 Å². The highest BCUT2D eigenvalue weighted by Crippen LogP contribution is 2.32. The number of hydrogen-bond donors (Lipinski definition) is 1. The number of nitrogens with two attached hydrogens (primary N) is 1. The monoisotopic (exact) mass is 263 g/mol. The van der Waals surface area contributed by atoms with Gasteiger partial charge in [0.2, 0.25) is 5.91 Å². The molecule has 1 saturated heterocycles. The first kappa shape index (κ1) is 14.3. The first-order chi connectivity index (χ1) is 9.12. The number of carbonyl (C=O) groups is 1. The minimum absolute atomic E-state index is 0.188. The van der Waals surface area contributed by atoms with E-state index in [0.717, 1.165) is 52.0 Å². The molecule has 1 unspecified atom stereocenters. The van der Waals surface area contributed by atoms with Crippen LogP contribution >= 0.6 is 0 Å². The van der Waals surface area contributed by atoms with E-state index in [0.29, 0.717) is 0 Å². The summed E-state index contributed by atoms with van der Waals surface area (Å²) in [5, 5.41) is 0. The van der Waals surface area contributed by atoms with Crippen LogP contribution in [0.5, 0.6) is 0 Å². The lowest BCUT2D eigenvalue weighted by Crippen LogP contribution is -2.45. The molecule has 0 saturated carbocycles. The number of piperazine rings is 1. The molecule has 0 spiro atoms. The molecule has 0 aromatic rings. The number of hydrogen-bond acceptors (Lipinski definition) is 3. The molecule has 1 amide bonds. The molecule has 1 heterocycles. The minimum Gasteiger partial charge on any atom is -0.369 e. The SMILES string of the molecule is CN1CCN(CCCC2(C(N)=O)C=CC=CC2)CC1. The van der Waals surface area contributed by atoms with Crippen LogP contribution in [0.15, 0.2) is 24.3 Å². The first-order valence-electron chi connectivity index (χ1n) is 7.18. The fraction of sp³-hybridized carbons (Fsp3) is 0.667. The van der Waals surface area contributed by atoms with Crippen molar-refractivity contribution in [1.82, 2.24) is 9.80 Å². The number of rotatable bonds is 5. The zero-order valence-electron chi connectivity index (χ0n) is 11.8. The summed E-state index contributed by atoms with van der Waals surface area (Å²) in [6.07, 6.45) is 10.6. The van der Waals surface area contributed by atoms with E-state index in [1.54, 1.807) is 0 Å². The number of allylic oxidation sites excluding steroid dienone is 3. The summed E-state index contributed by atoms with van der Waals surface area (Å²) in [6.45, 7) is 5.62.